The fourth-order valence-corrected chi connectivity index (χ4v) is 2.05. The predicted molar refractivity (Wildman–Crippen MR) is 86.7 cm³/mol. The Labute approximate surface area is 127 Å². The number of rotatable bonds is 7. The Bertz CT molecular complexity index is 549. The van der Waals surface area contributed by atoms with Crippen LogP contribution in [0.3, 0.4) is 0 Å². The van der Waals surface area contributed by atoms with Gasteiger partial charge in [-0.05, 0) is 42.6 Å². The molecular weight excluding hydrogens is 260 g/mol. The molecule has 0 amide bonds. The number of pyridine rings is 1. The fourth-order valence-electron chi connectivity index (χ4n) is 2.05. The summed E-state index contributed by atoms with van der Waals surface area (Å²) in [5.41, 5.74) is 2.39. The third kappa shape index (κ3) is 4.87. The lowest BCUT2D eigenvalue weighted by Gasteiger charge is -2.12. The summed E-state index contributed by atoms with van der Waals surface area (Å²) < 4.78 is 5.92. The zero-order chi connectivity index (χ0) is 15.1. The molecule has 0 aliphatic heterocycles. The van der Waals surface area contributed by atoms with Crippen LogP contribution < -0.4 is 10.1 Å². The summed E-state index contributed by atoms with van der Waals surface area (Å²) in [4.78, 5) is 4.35. The summed E-state index contributed by atoms with van der Waals surface area (Å²) in [7, 11) is 0. The van der Waals surface area contributed by atoms with Gasteiger partial charge < -0.3 is 10.1 Å². The second-order valence-corrected chi connectivity index (χ2v) is 5.59. The summed E-state index contributed by atoms with van der Waals surface area (Å²) in [6.45, 7) is 8.30. The lowest BCUT2D eigenvalue weighted by Crippen LogP contribution is -2.19. The largest absolute Gasteiger partial charge is 0.439 e. The lowest BCUT2D eigenvalue weighted by atomic mass is 10.2. The first kappa shape index (κ1) is 15.5. The zero-order valence-electron chi connectivity index (χ0n) is 13.1. The first-order valence-electron chi connectivity index (χ1n) is 7.60. The third-order valence-electron chi connectivity index (χ3n) is 3.26. The number of hydrogen-bond donors (Lipinski definition) is 1. The highest BCUT2D eigenvalue weighted by atomic mass is 16.5. The van der Waals surface area contributed by atoms with E-state index in [9.17, 15) is 0 Å². The summed E-state index contributed by atoms with van der Waals surface area (Å²) in [5.74, 6) is 2.14. The number of hydrogen-bond acceptors (Lipinski definition) is 3. The molecule has 3 heteroatoms. The van der Waals surface area contributed by atoms with Gasteiger partial charge in [0.15, 0.2) is 0 Å². The minimum absolute atomic E-state index is 0.632. The zero-order valence-corrected chi connectivity index (χ0v) is 13.1. The highest BCUT2D eigenvalue weighted by Gasteiger charge is 2.06. The molecule has 0 aliphatic carbocycles. The molecule has 0 fully saturated rings. The van der Waals surface area contributed by atoms with E-state index in [2.05, 4.69) is 49.3 Å². The molecule has 1 N–H and O–H groups in total. The van der Waals surface area contributed by atoms with Crippen LogP contribution in [0.25, 0.3) is 0 Å². The Morgan fingerprint density at radius 1 is 1.14 bits per heavy atom. The van der Waals surface area contributed by atoms with Gasteiger partial charge in [-0.1, -0.05) is 39.0 Å². The fraction of sp³-hybridized carbons (Fsp3) is 0.389. The van der Waals surface area contributed by atoms with Crippen molar-refractivity contribution >= 4 is 0 Å². The molecule has 2 rings (SSSR count). The normalized spacial score (nSPS) is 10.9. The summed E-state index contributed by atoms with van der Waals surface area (Å²) in [6.07, 6.45) is 2.80. The van der Waals surface area contributed by atoms with E-state index in [4.69, 9.17) is 4.74 Å². The van der Waals surface area contributed by atoms with E-state index in [0.29, 0.717) is 11.8 Å². The van der Waals surface area contributed by atoms with Gasteiger partial charge in [-0.3, -0.25) is 0 Å². The Balaban J connectivity index is 2.04. The van der Waals surface area contributed by atoms with Crippen LogP contribution >= 0.6 is 0 Å². The van der Waals surface area contributed by atoms with Crippen LogP contribution in [0.5, 0.6) is 11.6 Å². The van der Waals surface area contributed by atoms with Gasteiger partial charge in [-0.2, -0.15) is 0 Å². The second-order valence-electron chi connectivity index (χ2n) is 5.59. The summed E-state index contributed by atoms with van der Waals surface area (Å²) in [6, 6.07) is 12.2. The Morgan fingerprint density at radius 3 is 2.57 bits per heavy atom. The quantitative estimate of drug-likeness (QED) is 0.828. The summed E-state index contributed by atoms with van der Waals surface area (Å²) in [5, 5.41) is 3.43. The molecule has 0 aliphatic rings. The minimum Gasteiger partial charge on any atom is -0.439 e. The Morgan fingerprint density at radius 2 is 1.90 bits per heavy atom. The second kappa shape index (κ2) is 7.79. The molecule has 21 heavy (non-hydrogen) atoms. The topological polar surface area (TPSA) is 34.1 Å². The van der Waals surface area contributed by atoms with E-state index >= 15 is 0 Å². The molecule has 0 bridgehead atoms. The van der Waals surface area contributed by atoms with E-state index in [1.54, 1.807) is 6.20 Å². The Kier molecular flexibility index (Phi) is 5.76. The van der Waals surface area contributed by atoms with Crippen molar-refractivity contribution < 1.29 is 4.74 Å². The van der Waals surface area contributed by atoms with Gasteiger partial charge in [0.2, 0.25) is 5.88 Å². The molecule has 112 valence electrons. The van der Waals surface area contributed by atoms with Gasteiger partial charge in [0.05, 0.1) is 0 Å². The average molecular weight is 284 g/mol. The van der Waals surface area contributed by atoms with Crippen molar-refractivity contribution in [2.45, 2.75) is 33.7 Å². The van der Waals surface area contributed by atoms with Crippen LogP contribution in [0.4, 0.5) is 0 Å². The third-order valence-corrected chi connectivity index (χ3v) is 3.26. The molecule has 1 aromatic heterocycles. The van der Waals surface area contributed by atoms with Crippen molar-refractivity contribution in [3.63, 3.8) is 0 Å². The van der Waals surface area contributed by atoms with Gasteiger partial charge in [0.25, 0.3) is 0 Å². The number of aromatic nitrogens is 1. The van der Waals surface area contributed by atoms with Gasteiger partial charge in [-0.25, -0.2) is 4.98 Å². The van der Waals surface area contributed by atoms with Gasteiger partial charge >= 0.3 is 0 Å². The molecule has 3 nitrogen and oxygen atoms in total. The van der Waals surface area contributed by atoms with E-state index in [1.807, 2.05) is 18.2 Å². The first-order chi connectivity index (χ1) is 10.2. The highest BCUT2D eigenvalue weighted by molar-refractivity contribution is 5.33. The van der Waals surface area contributed by atoms with Crippen molar-refractivity contribution in [1.29, 1.82) is 0 Å². The first-order valence-corrected chi connectivity index (χ1v) is 7.60. The van der Waals surface area contributed by atoms with E-state index in [0.717, 1.165) is 30.8 Å². The lowest BCUT2D eigenvalue weighted by molar-refractivity contribution is 0.450. The van der Waals surface area contributed by atoms with Gasteiger partial charge in [0.1, 0.15) is 5.75 Å². The van der Waals surface area contributed by atoms with Crippen molar-refractivity contribution in [3.8, 4) is 11.6 Å². The van der Waals surface area contributed by atoms with Crippen LogP contribution in [0.1, 0.15) is 31.9 Å². The van der Waals surface area contributed by atoms with Gasteiger partial charge in [0, 0.05) is 18.3 Å². The van der Waals surface area contributed by atoms with Crippen LogP contribution in [-0.2, 0) is 13.0 Å². The standard InChI is InChI=1S/C18H24N2O/c1-4-15-7-9-17(10-8-15)21-18-16(6-5-11-20-18)13-19-12-14(2)3/h5-11,14,19H,4,12-13H2,1-3H3. The number of aryl methyl sites for hydroxylation is 1. The van der Waals surface area contributed by atoms with Crippen LogP contribution in [0.2, 0.25) is 0 Å². The molecule has 0 saturated carbocycles. The molecule has 0 radical (unpaired) electrons. The van der Waals surface area contributed by atoms with Crippen LogP contribution in [0, 0.1) is 5.92 Å². The average Bonchev–Trinajstić information content (AvgIpc) is 2.49. The Hall–Kier alpha value is -1.87. The van der Waals surface area contributed by atoms with Crippen molar-refractivity contribution in [2.24, 2.45) is 5.92 Å². The maximum absolute atomic E-state index is 5.92. The van der Waals surface area contributed by atoms with Crippen LogP contribution in [-0.4, -0.2) is 11.5 Å². The number of benzene rings is 1. The number of nitrogens with zero attached hydrogens (tertiary/aromatic N) is 1. The molecule has 0 unspecified atom stereocenters. The van der Waals surface area contributed by atoms with E-state index in [-0.39, 0.29) is 0 Å². The molecule has 0 atom stereocenters. The SMILES string of the molecule is CCc1ccc(Oc2ncccc2CNCC(C)C)cc1. The number of nitrogens with one attached hydrogen (secondary N) is 1. The molecule has 2 aromatic rings. The smallest absolute Gasteiger partial charge is 0.223 e. The molecular formula is C18H24N2O. The predicted octanol–water partition coefficient (Wildman–Crippen LogP) is 4.18. The minimum atomic E-state index is 0.632. The van der Waals surface area contributed by atoms with Crippen LogP contribution in [0.15, 0.2) is 42.6 Å². The van der Waals surface area contributed by atoms with E-state index < -0.39 is 0 Å². The molecule has 0 saturated heterocycles. The van der Waals surface area contributed by atoms with Crippen molar-refractivity contribution in [2.75, 3.05) is 6.54 Å². The maximum atomic E-state index is 5.92. The monoisotopic (exact) mass is 284 g/mol. The molecule has 1 aromatic carbocycles. The van der Waals surface area contributed by atoms with Gasteiger partial charge in [-0.15, -0.1) is 0 Å². The van der Waals surface area contributed by atoms with Crippen molar-refractivity contribution in [3.05, 3.63) is 53.7 Å². The van der Waals surface area contributed by atoms with Crippen molar-refractivity contribution in [1.82, 2.24) is 10.3 Å². The molecule has 0 spiro atoms. The molecule has 1 heterocycles. The maximum Gasteiger partial charge on any atom is 0.223 e. The number of ether oxygens (including phenoxy) is 1. The highest BCUT2D eigenvalue weighted by Crippen LogP contribution is 2.23. The van der Waals surface area contributed by atoms with E-state index in [1.165, 1.54) is 5.56 Å². The summed E-state index contributed by atoms with van der Waals surface area (Å²) >= 11 is 0.